The molecule has 0 saturated carbocycles. The van der Waals surface area contributed by atoms with E-state index in [1.807, 2.05) is 6.92 Å². The minimum atomic E-state index is -0.269. The van der Waals surface area contributed by atoms with Gasteiger partial charge in [0.05, 0.1) is 12.1 Å². The van der Waals surface area contributed by atoms with Gasteiger partial charge < -0.3 is 5.32 Å². The zero-order valence-corrected chi connectivity index (χ0v) is 7.13. The molecule has 1 aromatic rings. The van der Waals surface area contributed by atoms with E-state index in [1.165, 1.54) is 0 Å². The molecule has 1 amide bonds. The molecular formula is C9H8N2O2. The van der Waals surface area contributed by atoms with Crippen molar-refractivity contribution in [3.05, 3.63) is 29.1 Å². The lowest BCUT2D eigenvalue weighted by molar-refractivity contribution is 0.0872. The number of ketones is 1. The van der Waals surface area contributed by atoms with Gasteiger partial charge >= 0.3 is 0 Å². The minimum absolute atomic E-state index is 0.0780. The van der Waals surface area contributed by atoms with Gasteiger partial charge in [0, 0.05) is 6.20 Å². The molecule has 1 N–H and O–H groups in total. The van der Waals surface area contributed by atoms with Crippen LogP contribution in [0.15, 0.2) is 12.3 Å². The van der Waals surface area contributed by atoms with Crippen molar-refractivity contribution in [3.8, 4) is 0 Å². The van der Waals surface area contributed by atoms with E-state index in [-0.39, 0.29) is 23.9 Å². The van der Waals surface area contributed by atoms with Gasteiger partial charge in [0.25, 0.3) is 5.91 Å². The average molecular weight is 176 g/mol. The van der Waals surface area contributed by atoms with Crippen molar-refractivity contribution in [2.45, 2.75) is 6.92 Å². The molecule has 2 heterocycles. The van der Waals surface area contributed by atoms with Crippen LogP contribution in [0.5, 0.6) is 0 Å². The standard InChI is InChI=1S/C9H8N2O2/c1-5-2-6-7(12)4-11-9(13)8(6)10-3-5/h2-3H,4H2,1H3,(H,11,13). The summed E-state index contributed by atoms with van der Waals surface area (Å²) in [4.78, 5) is 26.5. The highest BCUT2D eigenvalue weighted by Gasteiger charge is 2.23. The van der Waals surface area contributed by atoms with E-state index in [0.29, 0.717) is 5.56 Å². The first-order valence-corrected chi connectivity index (χ1v) is 3.96. The van der Waals surface area contributed by atoms with Gasteiger partial charge in [-0.2, -0.15) is 0 Å². The first-order chi connectivity index (χ1) is 6.18. The van der Waals surface area contributed by atoms with E-state index in [9.17, 15) is 9.59 Å². The molecule has 0 radical (unpaired) electrons. The van der Waals surface area contributed by atoms with Crippen molar-refractivity contribution in [1.82, 2.24) is 10.3 Å². The highest BCUT2D eigenvalue weighted by molar-refractivity contribution is 6.12. The van der Waals surface area contributed by atoms with Crippen molar-refractivity contribution in [2.24, 2.45) is 0 Å². The number of nitrogens with zero attached hydrogens (tertiary/aromatic N) is 1. The summed E-state index contributed by atoms with van der Waals surface area (Å²) in [7, 11) is 0. The molecule has 0 fully saturated rings. The third-order valence-electron chi connectivity index (χ3n) is 1.95. The Labute approximate surface area is 75.0 Å². The molecule has 1 aliphatic rings. The fourth-order valence-corrected chi connectivity index (χ4v) is 1.30. The largest absolute Gasteiger partial charge is 0.343 e. The second-order valence-corrected chi connectivity index (χ2v) is 3.01. The molecule has 13 heavy (non-hydrogen) atoms. The Morgan fingerprint density at radius 1 is 1.46 bits per heavy atom. The number of pyridine rings is 1. The SMILES string of the molecule is Cc1cnc2c(c1)C(=O)CNC2=O. The predicted molar refractivity (Wildman–Crippen MR) is 45.6 cm³/mol. The first kappa shape index (κ1) is 7.91. The molecule has 0 aromatic carbocycles. The number of hydrogen-bond donors (Lipinski definition) is 1. The first-order valence-electron chi connectivity index (χ1n) is 3.96. The Kier molecular flexibility index (Phi) is 1.62. The number of nitrogens with one attached hydrogen (secondary N) is 1. The van der Waals surface area contributed by atoms with Crippen molar-refractivity contribution in [3.63, 3.8) is 0 Å². The van der Waals surface area contributed by atoms with Crippen molar-refractivity contribution in [2.75, 3.05) is 6.54 Å². The second kappa shape index (κ2) is 2.65. The van der Waals surface area contributed by atoms with Gasteiger partial charge in [0.15, 0.2) is 5.78 Å². The van der Waals surface area contributed by atoms with Crippen LogP contribution >= 0.6 is 0 Å². The van der Waals surface area contributed by atoms with Crippen molar-refractivity contribution >= 4 is 11.7 Å². The van der Waals surface area contributed by atoms with E-state index in [4.69, 9.17) is 0 Å². The quantitative estimate of drug-likeness (QED) is 0.619. The monoisotopic (exact) mass is 176 g/mol. The molecule has 0 spiro atoms. The number of rotatable bonds is 0. The van der Waals surface area contributed by atoms with Crippen LogP contribution in [0.2, 0.25) is 0 Å². The topological polar surface area (TPSA) is 59.1 Å². The lowest BCUT2D eigenvalue weighted by Crippen LogP contribution is -2.37. The van der Waals surface area contributed by atoms with Crippen LogP contribution in [-0.2, 0) is 0 Å². The molecular weight excluding hydrogens is 168 g/mol. The Bertz CT molecular complexity index is 399. The summed E-state index contributed by atoms with van der Waals surface area (Å²) in [5.41, 5.74) is 1.56. The second-order valence-electron chi connectivity index (χ2n) is 3.01. The molecule has 0 bridgehead atoms. The smallest absolute Gasteiger partial charge is 0.271 e. The van der Waals surface area contributed by atoms with Gasteiger partial charge in [-0.05, 0) is 18.6 Å². The van der Waals surface area contributed by atoms with Crippen molar-refractivity contribution < 1.29 is 9.59 Å². The maximum absolute atomic E-state index is 11.3. The Morgan fingerprint density at radius 3 is 3.00 bits per heavy atom. The van der Waals surface area contributed by atoms with Crippen LogP contribution in [0.3, 0.4) is 0 Å². The molecule has 4 nitrogen and oxygen atoms in total. The summed E-state index contributed by atoms with van der Waals surface area (Å²) >= 11 is 0. The molecule has 0 atom stereocenters. The van der Waals surface area contributed by atoms with Crippen LogP contribution in [0.25, 0.3) is 0 Å². The molecule has 2 rings (SSSR count). The number of hydrogen-bond acceptors (Lipinski definition) is 3. The van der Waals surface area contributed by atoms with Gasteiger partial charge in [-0.1, -0.05) is 0 Å². The lowest BCUT2D eigenvalue weighted by atomic mass is 10.0. The predicted octanol–water partition coefficient (Wildman–Crippen LogP) is 0.316. The van der Waals surface area contributed by atoms with Gasteiger partial charge in [-0.25, -0.2) is 0 Å². The minimum Gasteiger partial charge on any atom is -0.343 e. The normalized spacial score (nSPS) is 15.2. The number of Topliss-reactive ketones (excluding diaryl/α,β-unsaturated/α-hetero) is 1. The molecule has 1 aromatic heterocycles. The zero-order chi connectivity index (χ0) is 9.42. The molecule has 0 aliphatic carbocycles. The number of amides is 1. The summed E-state index contributed by atoms with van der Waals surface area (Å²) in [5, 5.41) is 2.46. The van der Waals surface area contributed by atoms with E-state index >= 15 is 0 Å². The van der Waals surface area contributed by atoms with Crippen LogP contribution in [0.4, 0.5) is 0 Å². The fourth-order valence-electron chi connectivity index (χ4n) is 1.30. The molecule has 0 unspecified atom stereocenters. The van der Waals surface area contributed by atoms with Crippen molar-refractivity contribution in [1.29, 1.82) is 0 Å². The van der Waals surface area contributed by atoms with Crippen LogP contribution < -0.4 is 5.32 Å². The molecule has 4 heteroatoms. The molecule has 1 aliphatic heterocycles. The lowest BCUT2D eigenvalue weighted by Gasteiger charge is -2.13. The highest BCUT2D eigenvalue weighted by atomic mass is 16.2. The maximum atomic E-state index is 11.3. The van der Waals surface area contributed by atoms with Crippen LogP contribution in [0, 0.1) is 6.92 Å². The Hall–Kier alpha value is -1.71. The summed E-state index contributed by atoms with van der Waals surface area (Å²) in [5.74, 6) is -0.347. The van der Waals surface area contributed by atoms with E-state index in [0.717, 1.165) is 5.56 Å². The summed E-state index contributed by atoms with van der Waals surface area (Å²) in [6.07, 6.45) is 1.58. The average Bonchev–Trinajstić information content (AvgIpc) is 2.12. The van der Waals surface area contributed by atoms with Gasteiger partial charge in [0.2, 0.25) is 0 Å². The Balaban J connectivity index is 2.63. The zero-order valence-electron chi connectivity index (χ0n) is 7.13. The van der Waals surface area contributed by atoms with Crippen LogP contribution in [0.1, 0.15) is 26.4 Å². The highest BCUT2D eigenvalue weighted by Crippen LogP contribution is 2.12. The number of carbonyl (C=O) groups is 2. The van der Waals surface area contributed by atoms with E-state index in [2.05, 4.69) is 10.3 Å². The summed E-state index contributed by atoms with van der Waals surface area (Å²) < 4.78 is 0. The van der Waals surface area contributed by atoms with E-state index in [1.54, 1.807) is 12.3 Å². The summed E-state index contributed by atoms with van der Waals surface area (Å²) in [6.45, 7) is 1.92. The van der Waals surface area contributed by atoms with Gasteiger partial charge in [-0.3, -0.25) is 14.6 Å². The van der Waals surface area contributed by atoms with Gasteiger partial charge in [0.1, 0.15) is 5.69 Å². The third-order valence-corrected chi connectivity index (χ3v) is 1.95. The summed E-state index contributed by atoms with van der Waals surface area (Å²) in [6, 6.07) is 1.70. The Morgan fingerprint density at radius 2 is 2.23 bits per heavy atom. The number of aryl methyl sites for hydroxylation is 1. The third kappa shape index (κ3) is 1.20. The van der Waals surface area contributed by atoms with E-state index < -0.39 is 0 Å². The maximum Gasteiger partial charge on any atom is 0.271 e. The molecule has 66 valence electrons. The number of carbonyl (C=O) groups excluding carboxylic acids is 2. The number of aromatic nitrogens is 1. The number of fused-ring (bicyclic) bond motifs is 1. The van der Waals surface area contributed by atoms with Crippen LogP contribution in [-0.4, -0.2) is 23.2 Å². The molecule has 0 saturated heterocycles. The fraction of sp³-hybridized carbons (Fsp3) is 0.222. The van der Waals surface area contributed by atoms with Gasteiger partial charge in [-0.15, -0.1) is 0 Å².